The second kappa shape index (κ2) is 21.4. The number of fused-ring (bicyclic) bond motifs is 13. The summed E-state index contributed by atoms with van der Waals surface area (Å²) in [6.07, 6.45) is 2.08. The van der Waals surface area contributed by atoms with Crippen LogP contribution in [0.1, 0.15) is 25.0 Å². The van der Waals surface area contributed by atoms with Gasteiger partial charge in [-0.15, -0.1) is 11.3 Å². The van der Waals surface area contributed by atoms with E-state index in [1.165, 1.54) is 64.2 Å². The monoisotopic (exact) mass is 1170 g/mol. The molecule has 0 fully saturated rings. The molecular weight excluding hydrogens is 1120 g/mol. The van der Waals surface area contributed by atoms with Crippen LogP contribution in [0.3, 0.4) is 0 Å². The SMILES string of the molecule is CC1(C)c2ccccc2-c2cnc3c4ccccc4n(-c4cccc(-c5cc(-c6ccccc6)nc(-c6ccccc6)n5)c4)c3c21.c1ccc(-c2nc(-c3ccccc3)nc(-c3cccc(-n4c5ccccc5c5cc6sc7ccccc7c6cc54)c3)n2)cc1. The van der Waals surface area contributed by atoms with E-state index in [0.717, 1.165) is 78.1 Å². The molecule has 0 saturated carbocycles. The zero-order chi connectivity index (χ0) is 59.9. The van der Waals surface area contributed by atoms with Gasteiger partial charge < -0.3 is 9.13 Å². The van der Waals surface area contributed by atoms with Crippen LogP contribution in [0.5, 0.6) is 0 Å². The summed E-state index contributed by atoms with van der Waals surface area (Å²) >= 11 is 1.86. The minimum Gasteiger partial charge on any atom is -0.309 e. The lowest BCUT2D eigenvalue weighted by Gasteiger charge is -2.23. The first-order valence-corrected chi connectivity index (χ1v) is 31.1. The van der Waals surface area contributed by atoms with Crippen LogP contribution in [0.25, 0.3) is 154 Å². The van der Waals surface area contributed by atoms with Crippen molar-refractivity contribution in [2.24, 2.45) is 0 Å². The molecule has 0 amide bonds. The summed E-state index contributed by atoms with van der Waals surface area (Å²) in [5, 5.41) is 6.23. The van der Waals surface area contributed by atoms with Gasteiger partial charge >= 0.3 is 0 Å². The molecule has 1 aliphatic carbocycles. The summed E-state index contributed by atoms with van der Waals surface area (Å²) in [7, 11) is 0. The van der Waals surface area contributed by atoms with Crippen LogP contribution in [0.15, 0.2) is 291 Å². The highest BCUT2D eigenvalue weighted by Crippen LogP contribution is 2.52. The molecule has 0 spiro atoms. The Morgan fingerprint density at radius 1 is 0.322 bits per heavy atom. The van der Waals surface area contributed by atoms with E-state index in [9.17, 15) is 0 Å². The number of rotatable bonds is 8. The van der Waals surface area contributed by atoms with Crippen molar-refractivity contribution in [3.05, 3.63) is 302 Å². The van der Waals surface area contributed by atoms with Gasteiger partial charge in [0, 0.05) is 98.3 Å². The molecule has 0 atom stereocenters. The Kier molecular flexibility index (Phi) is 12.6. The molecule has 0 bridgehead atoms. The normalized spacial score (nSPS) is 12.4. The summed E-state index contributed by atoms with van der Waals surface area (Å²) in [6.45, 7) is 4.68. The highest BCUT2D eigenvalue weighted by molar-refractivity contribution is 7.25. The Bertz CT molecular complexity index is 5520. The Balaban J connectivity index is 0.000000139. The van der Waals surface area contributed by atoms with Gasteiger partial charge in [0.2, 0.25) is 0 Å². The van der Waals surface area contributed by atoms with Gasteiger partial charge in [-0.05, 0) is 77.4 Å². The van der Waals surface area contributed by atoms with Crippen molar-refractivity contribution >= 4 is 75.3 Å². The van der Waals surface area contributed by atoms with Crippen LogP contribution in [0.4, 0.5) is 0 Å². The lowest BCUT2D eigenvalue weighted by atomic mass is 9.82. The minimum absolute atomic E-state index is 0.182. The molecule has 18 rings (SSSR count). The molecule has 424 valence electrons. The van der Waals surface area contributed by atoms with Crippen molar-refractivity contribution in [1.82, 2.24) is 39.0 Å². The zero-order valence-electron chi connectivity index (χ0n) is 49.2. The Morgan fingerprint density at radius 3 is 1.48 bits per heavy atom. The largest absolute Gasteiger partial charge is 0.309 e. The van der Waals surface area contributed by atoms with E-state index in [2.05, 4.69) is 229 Å². The quantitative estimate of drug-likeness (QED) is 0.151. The van der Waals surface area contributed by atoms with E-state index in [1.54, 1.807) is 0 Å². The summed E-state index contributed by atoms with van der Waals surface area (Å²) < 4.78 is 7.40. The molecule has 1 aliphatic rings. The molecule has 8 nitrogen and oxygen atoms in total. The van der Waals surface area contributed by atoms with E-state index in [0.29, 0.717) is 23.3 Å². The fourth-order valence-electron chi connectivity index (χ4n) is 13.5. The molecule has 9 heteroatoms. The Hall–Kier alpha value is -11.5. The lowest BCUT2D eigenvalue weighted by molar-refractivity contribution is 0.663. The Morgan fingerprint density at radius 2 is 0.811 bits per heavy atom. The van der Waals surface area contributed by atoms with Crippen molar-refractivity contribution in [2.75, 3.05) is 0 Å². The second-order valence-electron chi connectivity index (χ2n) is 23.4. The number of pyridine rings is 1. The van der Waals surface area contributed by atoms with Gasteiger partial charge in [-0.3, -0.25) is 4.98 Å². The lowest BCUT2D eigenvalue weighted by Crippen LogP contribution is -2.16. The van der Waals surface area contributed by atoms with Crippen molar-refractivity contribution in [3.8, 4) is 90.6 Å². The third kappa shape index (κ3) is 8.88. The minimum atomic E-state index is -0.182. The van der Waals surface area contributed by atoms with Crippen LogP contribution < -0.4 is 0 Å². The number of hydrogen-bond donors (Lipinski definition) is 0. The molecule has 0 saturated heterocycles. The maximum atomic E-state index is 5.12. The van der Waals surface area contributed by atoms with Crippen molar-refractivity contribution in [2.45, 2.75) is 19.3 Å². The van der Waals surface area contributed by atoms with E-state index in [4.69, 9.17) is 29.9 Å². The molecule has 0 radical (unpaired) electrons. The standard InChI is InChI=1S/C42H30N4.C39H24N4S/c1-42(2)34-22-11-9-20-31(34)33-26-43-39-32-21-10-12-23-37(32)46(40(39)38(33)42)30-19-13-18-29(24-30)36-25-35(27-14-5-3-6-15-27)44-41(45-36)28-16-7-4-8-17-28;1-3-12-25(13-4-1)37-40-38(26-14-5-2-6-15-26)42-39(41-37)27-16-11-17-28(22-27)43-33-20-9-7-18-29(33)31-24-36-32(23-34(31)43)30-19-8-10-21-35(30)44-36/h3-26H,1-2H3;1-24H. The van der Waals surface area contributed by atoms with Crippen LogP contribution in [-0.2, 0) is 5.41 Å². The van der Waals surface area contributed by atoms with E-state index < -0.39 is 0 Å². The van der Waals surface area contributed by atoms with E-state index in [-0.39, 0.29) is 5.41 Å². The third-order valence-electron chi connectivity index (χ3n) is 17.7. The predicted molar refractivity (Wildman–Crippen MR) is 371 cm³/mol. The molecule has 6 heterocycles. The predicted octanol–water partition coefficient (Wildman–Crippen LogP) is 20.6. The topological polar surface area (TPSA) is 87.2 Å². The number of para-hydroxylation sites is 2. The highest BCUT2D eigenvalue weighted by Gasteiger charge is 2.39. The van der Waals surface area contributed by atoms with Gasteiger partial charge in [0.05, 0.1) is 39.0 Å². The van der Waals surface area contributed by atoms with Crippen LogP contribution in [0.2, 0.25) is 0 Å². The summed E-state index contributed by atoms with van der Waals surface area (Å²) in [5.41, 5.74) is 20.5. The first-order valence-electron chi connectivity index (χ1n) is 30.3. The molecule has 6 aromatic heterocycles. The summed E-state index contributed by atoms with van der Waals surface area (Å²) in [4.78, 5) is 30.1. The molecule has 11 aromatic carbocycles. The number of thiophene rings is 1. The van der Waals surface area contributed by atoms with Crippen LogP contribution >= 0.6 is 11.3 Å². The number of hydrogen-bond acceptors (Lipinski definition) is 7. The molecule has 90 heavy (non-hydrogen) atoms. The maximum Gasteiger partial charge on any atom is 0.164 e. The average Bonchev–Trinajstić information content (AvgIpc) is 1.56. The first-order chi connectivity index (χ1) is 44.4. The van der Waals surface area contributed by atoms with E-state index >= 15 is 0 Å². The van der Waals surface area contributed by atoms with Crippen molar-refractivity contribution < 1.29 is 0 Å². The van der Waals surface area contributed by atoms with Crippen molar-refractivity contribution in [1.29, 1.82) is 0 Å². The van der Waals surface area contributed by atoms with Crippen LogP contribution in [-0.4, -0.2) is 39.0 Å². The number of aromatic nitrogens is 8. The second-order valence-corrected chi connectivity index (χ2v) is 24.5. The molecule has 0 N–H and O–H groups in total. The van der Waals surface area contributed by atoms with Gasteiger partial charge in [-0.1, -0.05) is 238 Å². The summed E-state index contributed by atoms with van der Waals surface area (Å²) in [6, 6.07) is 99.6. The van der Waals surface area contributed by atoms with Gasteiger partial charge in [0.1, 0.15) is 0 Å². The molecular formula is C81H54N8S. The molecule has 17 aromatic rings. The van der Waals surface area contributed by atoms with Gasteiger partial charge in [-0.2, -0.15) is 0 Å². The third-order valence-corrected chi connectivity index (χ3v) is 18.8. The zero-order valence-corrected chi connectivity index (χ0v) is 50.0. The maximum absolute atomic E-state index is 5.12. The van der Waals surface area contributed by atoms with Crippen LogP contribution in [0, 0.1) is 0 Å². The fourth-order valence-corrected chi connectivity index (χ4v) is 14.6. The fraction of sp³-hybridized carbons (Fsp3) is 0.0370. The highest BCUT2D eigenvalue weighted by atomic mass is 32.1. The number of nitrogens with zero attached hydrogens (tertiary/aromatic N) is 8. The average molecular weight is 1170 g/mol. The van der Waals surface area contributed by atoms with Crippen molar-refractivity contribution in [3.63, 3.8) is 0 Å². The van der Waals surface area contributed by atoms with E-state index in [1.807, 2.05) is 96.3 Å². The van der Waals surface area contributed by atoms with Gasteiger partial charge in [-0.25, -0.2) is 24.9 Å². The molecule has 0 unspecified atom stereocenters. The first kappa shape index (κ1) is 52.8. The summed E-state index contributed by atoms with van der Waals surface area (Å²) in [5.74, 6) is 2.67. The molecule has 0 aliphatic heterocycles. The van der Waals surface area contributed by atoms with Gasteiger partial charge in [0.15, 0.2) is 23.3 Å². The number of benzene rings is 11. The smallest absolute Gasteiger partial charge is 0.164 e. The Labute approximate surface area is 523 Å². The van der Waals surface area contributed by atoms with Gasteiger partial charge in [0.25, 0.3) is 0 Å².